The SMILES string of the molecule is CN=C(NCCC(=O)N1CCN(c2ncccn2)CC1)NCc1ccc(OC)cc1OC. The molecule has 0 unspecified atom stereocenters. The van der Waals surface area contributed by atoms with Crippen molar-refractivity contribution < 1.29 is 14.3 Å². The highest BCUT2D eigenvalue weighted by atomic mass is 16.5. The minimum atomic E-state index is 0.124. The van der Waals surface area contributed by atoms with Gasteiger partial charge in [0.1, 0.15) is 11.5 Å². The van der Waals surface area contributed by atoms with Crippen molar-refractivity contribution in [3.63, 3.8) is 0 Å². The molecule has 0 spiro atoms. The molecule has 1 fully saturated rings. The lowest BCUT2D eigenvalue weighted by molar-refractivity contribution is -0.131. The number of hydrogen-bond donors (Lipinski definition) is 2. The molecule has 1 aromatic heterocycles. The Labute approximate surface area is 188 Å². The van der Waals surface area contributed by atoms with Gasteiger partial charge in [0.15, 0.2) is 5.96 Å². The van der Waals surface area contributed by atoms with E-state index in [1.165, 1.54) is 0 Å². The van der Waals surface area contributed by atoms with Crippen molar-refractivity contribution >= 4 is 17.8 Å². The predicted octanol–water partition coefficient (Wildman–Crippen LogP) is 0.898. The highest BCUT2D eigenvalue weighted by molar-refractivity contribution is 5.81. The standard InChI is InChI=1S/C22H31N7O3/c1-23-21(27-16-17-5-6-18(31-2)15-19(17)32-3)24-10-7-20(30)28-11-13-29(14-12-28)22-25-8-4-9-26-22/h4-6,8-9,15H,7,10-14,16H2,1-3H3,(H2,23,24,27). The molecular formula is C22H31N7O3. The quantitative estimate of drug-likeness (QED) is 0.460. The van der Waals surface area contributed by atoms with Crippen LogP contribution in [0.1, 0.15) is 12.0 Å². The molecule has 0 aliphatic carbocycles. The van der Waals surface area contributed by atoms with E-state index in [1.54, 1.807) is 39.7 Å². The highest BCUT2D eigenvalue weighted by Gasteiger charge is 2.22. The minimum Gasteiger partial charge on any atom is -0.497 e. The smallest absolute Gasteiger partial charge is 0.225 e. The first kappa shape index (κ1) is 23.1. The first-order chi connectivity index (χ1) is 15.6. The fourth-order valence-electron chi connectivity index (χ4n) is 3.45. The monoisotopic (exact) mass is 441 g/mol. The van der Waals surface area contributed by atoms with Crippen molar-refractivity contribution in [2.45, 2.75) is 13.0 Å². The first-order valence-electron chi connectivity index (χ1n) is 10.6. The number of carbonyl (C=O) groups excluding carboxylic acids is 1. The number of aromatic nitrogens is 2. The second kappa shape index (κ2) is 11.7. The molecule has 2 aromatic rings. The summed E-state index contributed by atoms with van der Waals surface area (Å²) in [6, 6.07) is 7.47. The van der Waals surface area contributed by atoms with Gasteiger partial charge in [-0.3, -0.25) is 9.79 Å². The van der Waals surface area contributed by atoms with E-state index in [0.29, 0.717) is 44.5 Å². The number of ether oxygens (including phenoxy) is 2. The summed E-state index contributed by atoms with van der Waals surface area (Å²) >= 11 is 0. The van der Waals surface area contributed by atoms with Gasteiger partial charge in [-0.1, -0.05) is 0 Å². The third kappa shape index (κ3) is 6.22. The largest absolute Gasteiger partial charge is 0.497 e. The topological polar surface area (TPSA) is 104 Å². The Morgan fingerprint density at radius 1 is 1.09 bits per heavy atom. The van der Waals surface area contributed by atoms with Crippen LogP contribution in [0.15, 0.2) is 41.7 Å². The summed E-state index contributed by atoms with van der Waals surface area (Å²) in [5.74, 6) is 2.94. The molecule has 10 nitrogen and oxygen atoms in total. The summed E-state index contributed by atoms with van der Waals surface area (Å²) in [6.45, 7) is 3.83. The molecule has 1 aliphatic rings. The van der Waals surface area contributed by atoms with E-state index in [0.717, 1.165) is 30.2 Å². The van der Waals surface area contributed by atoms with Gasteiger partial charge in [-0.05, 0) is 18.2 Å². The maximum absolute atomic E-state index is 12.6. The molecule has 0 radical (unpaired) electrons. The molecule has 1 aromatic carbocycles. The van der Waals surface area contributed by atoms with Crippen molar-refractivity contribution in [2.24, 2.45) is 4.99 Å². The van der Waals surface area contributed by atoms with Gasteiger partial charge in [-0.15, -0.1) is 0 Å². The maximum Gasteiger partial charge on any atom is 0.225 e. The molecule has 0 atom stereocenters. The van der Waals surface area contributed by atoms with Crippen LogP contribution < -0.4 is 25.0 Å². The van der Waals surface area contributed by atoms with Gasteiger partial charge in [0, 0.05) is 76.8 Å². The number of guanidine groups is 1. The van der Waals surface area contributed by atoms with Gasteiger partial charge >= 0.3 is 0 Å². The number of carbonyl (C=O) groups is 1. The average Bonchev–Trinajstić information content (AvgIpc) is 2.86. The van der Waals surface area contributed by atoms with E-state index < -0.39 is 0 Å². The predicted molar refractivity (Wildman–Crippen MR) is 123 cm³/mol. The first-order valence-corrected chi connectivity index (χ1v) is 10.6. The summed E-state index contributed by atoms with van der Waals surface area (Å²) in [6.07, 6.45) is 3.86. The lowest BCUT2D eigenvalue weighted by Crippen LogP contribution is -2.50. The van der Waals surface area contributed by atoms with Crippen LogP contribution in [-0.4, -0.2) is 80.7 Å². The van der Waals surface area contributed by atoms with E-state index in [-0.39, 0.29) is 5.91 Å². The van der Waals surface area contributed by atoms with Crippen LogP contribution in [-0.2, 0) is 11.3 Å². The van der Waals surface area contributed by atoms with Gasteiger partial charge in [0.05, 0.1) is 14.2 Å². The number of piperazine rings is 1. The summed E-state index contributed by atoms with van der Waals surface area (Å²) in [5, 5.41) is 6.45. The van der Waals surface area contributed by atoms with Gasteiger partial charge in [0.25, 0.3) is 0 Å². The van der Waals surface area contributed by atoms with Crippen molar-refractivity contribution in [1.82, 2.24) is 25.5 Å². The van der Waals surface area contributed by atoms with Gasteiger partial charge in [-0.2, -0.15) is 0 Å². The summed E-state index contributed by atoms with van der Waals surface area (Å²) in [7, 11) is 4.95. The Morgan fingerprint density at radius 2 is 1.84 bits per heavy atom. The Balaban J connectivity index is 1.40. The number of methoxy groups -OCH3 is 2. The van der Waals surface area contributed by atoms with Crippen LogP contribution in [0.2, 0.25) is 0 Å². The van der Waals surface area contributed by atoms with Crippen molar-refractivity contribution in [3.8, 4) is 11.5 Å². The number of rotatable bonds is 8. The molecule has 0 bridgehead atoms. The number of benzene rings is 1. The van der Waals surface area contributed by atoms with Crippen LogP contribution in [0.5, 0.6) is 11.5 Å². The minimum absolute atomic E-state index is 0.124. The van der Waals surface area contributed by atoms with Crippen LogP contribution in [0.4, 0.5) is 5.95 Å². The number of aliphatic imine (C=N–C) groups is 1. The zero-order valence-corrected chi connectivity index (χ0v) is 18.9. The number of hydrogen-bond acceptors (Lipinski definition) is 7. The number of anilines is 1. The average molecular weight is 442 g/mol. The molecule has 10 heteroatoms. The number of amides is 1. The van der Waals surface area contributed by atoms with Gasteiger partial charge in [0.2, 0.25) is 11.9 Å². The second-order valence-electron chi connectivity index (χ2n) is 7.20. The lowest BCUT2D eigenvalue weighted by atomic mass is 10.2. The van der Waals surface area contributed by atoms with E-state index in [2.05, 4.69) is 30.5 Å². The Kier molecular flexibility index (Phi) is 8.47. The molecule has 3 rings (SSSR count). The van der Waals surface area contributed by atoms with Crippen molar-refractivity contribution in [1.29, 1.82) is 0 Å². The number of nitrogens with one attached hydrogen (secondary N) is 2. The van der Waals surface area contributed by atoms with Crippen LogP contribution in [0, 0.1) is 0 Å². The highest BCUT2D eigenvalue weighted by Crippen LogP contribution is 2.24. The third-order valence-electron chi connectivity index (χ3n) is 5.26. The summed E-state index contributed by atoms with van der Waals surface area (Å²) in [5.41, 5.74) is 0.979. The molecule has 2 heterocycles. The Bertz CT molecular complexity index is 900. The van der Waals surface area contributed by atoms with E-state index in [1.807, 2.05) is 23.1 Å². The fraction of sp³-hybridized carbons (Fsp3) is 0.455. The molecule has 0 saturated carbocycles. The molecular weight excluding hydrogens is 410 g/mol. The fourth-order valence-corrected chi connectivity index (χ4v) is 3.45. The molecule has 32 heavy (non-hydrogen) atoms. The van der Waals surface area contributed by atoms with Crippen molar-refractivity contribution in [3.05, 3.63) is 42.2 Å². The third-order valence-corrected chi connectivity index (χ3v) is 5.26. The second-order valence-corrected chi connectivity index (χ2v) is 7.20. The van der Waals surface area contributed by atoms with Gasteiger partial charge in [-0.25, -0.2) is 9.97 Å². The normalized spacial score (nSPS) is 14.2. The Hall–Kier alpha value is -3.56. The zero-order valence-electron chi connectivity index (χ0n) is 18.9. The Morgan fingerprint density at radius 3 is 2.50 bits per heavy atom. The van der Waals surface area contributed by atoms with E-state index in [4.69, 9.17) is 9.47 Å². The number of nitrogens with zero attached hydrogens (tertiary/aromatic N) is 5. The molecule has 172 valence electrons. The van der Waals surface area contributed by atoms with E-state index >= 15 is 0 Å². The van der Waals surface area contributed by atoms with Crippen LogP contribution >= 0.6 is 0 Å². The summed E-state index contributed by atoms with van der Waals surface area (Å²) < 4.78 is 10.7. The summed E-state index contributed by atoms with van der Waals surface area (Å²) in [4.78, 5) is 29.4. The lowest BCUT2D eigenvalue weighted by Gasteiger charge is -2.34. The van der Waals surface area contributed by atoms with Gasteiger partial charge < -0.3 is 29.9 Å². The molecule has 1 amide bonds. The van der Waals surface area contributed by atoms with Crippen LogP contribution in [0.3, 0.4) is 0 Å². The molecule has 2 N–H and O–H groups in total. The maximum atomic E-state index is 12.6. The molecule has 1 saturated heterocycles. The van der Waals surface area contributed by atoms with E-state index in [9.17, 15) is 4.79 Å². The zero-order chi connectivity index (χ0) is 22.8. The van der Waals surface area contributed by atoms with Crippen molar-refractivity contribution in [2.75, 3.05) is 58.9 Å². The molecule has 1 aliphatic heterocycles. The van der Waals surface area contributed by atoms with Crippen LogP contribution in [0.25, 0.3) is 0 Å².